The summed E-state index contributed by atoms with van der Waals surface area (Å²) in [5, 5.41) is 0. The molecule has 1 saturated heterocycles. The van der Waals surface area contributed by atoms with E-state index in [0.717, 1.165) is 12.0 Å². The van der Waals surface area contributed by atoms with Gasteiger partial charge in [0, 0.05) is 18.0 Å². The lowest BCUT2D eigenvalue weighted by molar-refractivity contribution is -0.144. The highest BCUT2D eigenvalue weighted by Gasteiger charge is 2.40. The summed E-state index contributed by atoms with van der Waals surface area (Å²) in [6, 6.07) is 6.47. The van der Waals surface area contributed by atoms with Crippen LogP contribution in [-0.2, 0) is 4.79 Å². The summed E-state index contributed by atoms with van der Waals surface area (Å²) in [4.78, 5) is 14.4. The second-order valence-electron chi connectivity index (χ2n) is 7.00. The summed E-state index contributed by atoms with van der Waals surface area (Å²) in [6.07, 6.45) is 1.32. The second kappa shape index (κ2) is 5.21. The van der Waals surface area contributed by atoms with Crippen LogP contribution < -0.4 is 5.73 Å². The maximum Gasteiger partial charge on any atom is 0.223 e. The molecule has 2 unspecified atom stereocenters. The molecular weight excluding hydrogens is 248 g/mol. The molecule has 3 heteroatoms. The SMILES string of the molecule is Cc1cc(C)cc(C2C(N)CCC(=O)N2C(C)(C)C)c1. The molecule has 2 N–H and O–H groups in total. The molecule has 1 aromatic rings. The summed E-state index contributed by atoms with van der Waals surface area (Å²) >= 11 is 0. The summed E-state index contributed by atoms with van der Waals surface area (Å²) in [6.45, 7) is 10.4. The van der Waals surface area contributed by atoms with Crippen molar-refractivity contribution in [2.75, 3.05) is 0 Å². The van der Waals surface area contributed by atoms with Crippen LogP contribution in [0.1, 0.15) is 56.3 Å². The van der Waals surface area contributed by atoms with Crippen LogP contribution in [0.15, 0.2) is 18.2 Å². The van der Waals surface area contributed by atoms with Crippen molar-refractivity contribution >= 4 is 5.91 Å². The predicted octanol–water partition coefficient (Wildman–Crippen LogP) is 3.09. The van der Waals surface area contributed by atoms with E-state index in [1.807, 2.05) is 4.90 Å². The van der Waals surface area contributed by atoms with Crippen LogP contribution >= 0.6 is 0 Å². The van der Waals surface area contributed by atoms with Gasteiger partial charge < -0.3 is 10.6 Å². The average Bonchev–Trinajstić information content (AvgIpc) is 2.28. The number of piperidine rings is 1. The number of nitrogens with zero attached hydrogens (tertiary/aromatic N) is 1. The Morgan fingerprint density at radius 3 is 2.20 bits per heavy atom. The van der Waals surface area contributed by atoms with Gasteiger partial charge in [-0.3, -0.25) is 4.79 Å². The highest BCUT2D eigenvalue weighted by atomic mass is 16.2. The molecule has 1 heterocycles. The van der Waals surface area contributed by atoms with Crippen molar-refractivity contribution in [3.63, 3.8) is 0 Å². The van der Waals surface area contributed by atoms with Gasteiger partial charge in [-0.05, 0) is 46.6 Å². The number of carbonyl (C=O) groups excluding carboxylic acids is 1. The molecule has 0 bridgehead atoms. The largest absolute Gasteiger partial charge is 0.329 e. The third-order valence-corrected chi connectivity index (χ3v) is 3.95. The van der Waals surface area contributed by atoms with Gasteiger partial charge in [0.25, 0.3) is 0 Å². The Balaban J connectivity index is 2.50. The van der Waals surface area contributed by atoms with E-state index in [1.54, 1.807) is 0 Å². The van der Waals surface area contributed by atoms with Gasteiger partial charge in [-0.2, -0.15) is 0 Å². The zero-order chi connectivity index (χ0) is 15.1. The normalized spacial score (nSPS) is 24.1. The van der Waals surface area contributed by atoms with Crippen molar-refractivity contribution in [1.82, 2.24) is 4.90 Å². The molecule has 1 aliphatic heterocycles. The molecule has 3 nitrogen and oxygen atoms in total. The molecule has 20 heavy (non-hydrogen) atoms. The van der Waals surface area contributed by atoms with Gasteiger partial charge in [0.05, 0.1) is 6.04 Å². The average molecular weight is 274 g/mol. The van der Waals surface area contributed by atoms with Crippen LogP contribution in [0.5, 0.6) is 0 Å². The van der Waals surface area contributed by atoms with Crippen LogP contribution in [0.25, 0.3) is 0 Å². The summed E-state index contributed by atoms with van der Waals surface area (Å²) in [5.74, 6) is 0.211. The highest BCUT2D eigenvalue weighted by Crippen LogP contribution is 2.36. The fourth-order valence-electron chi connectivity index (χ4n) is 3.28. The van der Waals surface area contributed by atoms with Gasteiger partial charge in [0.1, 0.15) is 0 Å². The van der Waals surface area contributed by atoms with Crippen molar-refractivity contribution in [2.24, 2.45) is 5.73 Å². The fraction of sp³-hybridized carbons (Fsp3) is 0.588. The van der Waals surface area contributed by atoms with Crippen LogP contribution in [0.2, 0.25) is 0 Å². The number of rotatable bonds is 1. The molecule has 1 fully saturated rings. The molecule has 0 saturated carbocycles. The van der Waals surface area contributed by atoms with E-state index in [4.69, 9.17) is 5.73 Å². The molecule has 1 amide bonds. The van der Waals surface area contributed by atoms with Crippen LogP contribution in [-0.4, -0.2) is 22.4 Å². The molecule has 0 aromatic heterocycles. The first-order valence-corrected chi connectivity index (χ1v) is 7.36. The van der Waals surface area contributed by atoms with Crippen molar-refractivity contribution in [3.8, 4) is 0 Å². The molecule has 0 radical (unpaired) electrons. The lowest BCUT2D eigenvalue weighted by Gasteiger charge is -2.47. The van der Waals surface area contributed by atoms with Gasteiger partial charge in [-0.15, -0.1) is 0 Å². The Morgan fingerprint density at radius 2 is 1.70 bits per heavy atom. The predicted molar refractivity (Wildman–Crippen MR) is 82.5 cm³/mol. The van der Waals surface area contributed by atoms with Crippen LogP contribution in [0, 0.1) is 13.8 Å². The molecule has 1 aliphatic rings. The van der Waals surface area contributed by atoms with Crippen molar-refractivity contribution in [3.05, 3.63) is 34.9 Å². The number of carbonyl (C=O) groups is 1. The van der Waals surface area contributed by atoms with Gasteiger partial charge in [0.2, 0.25) is 5.91 Å². The summed E-state index contributed by atoms with van der Waals surface area (Å²) in [7, 11) is 0. The van der Waals surface area contributed by atoms with Gasteiger partial charge in [0.15, 0.2) is 0 Å². The Morgan fingerprint density at radius 1 is 1.15 bits per heavy atom. The Labute approximate surface area is 122 Å². The van der Waals surface area contributed by atoms with E-state index >= 15 is 0 Å². The van der Waals surface area contributed by atoms with E-state index < -0.39 is 0 Å². The van der Waals surface area contributed by atoms with Crippen molar-refractivity contribution in [1.29, 1.82) is 0 Å². The first-order valence-electron chi connectivity index (χ1n) is 7.36. The topological polar surface area (TPSA) is 46.3 Å². The van der Waals surface area contributed by atoms with E-state index in [2.05, 4.69) is 52.8 Å². The van der Waals surface area contributed by atoms with E-state index in [1.165, 1.54) is 11.1 Å². The molecular formula is C17H26N2O. The highest BCUT2D eigenvalue weighted by molar-refractivity contribution is 5.78. The van der Waals surface area contributed by atoms with Crippen molar-refractivity contribution < 1.29 is 4.79 Å². The van der Waals surface area contributed by atoms with Gasteiger partial charge in [-0.1, -0.05) is 29.3 Å². The van der Waals surface area contributed by atoms with Crippen molar-refractivity contribution in [2.45, 2.75) is 65.1 Å². The fourth-order valence-corrected chi connectivity index (χ4v) is 3.28. The number of aryl methyl sites for hydroxylation is 2. The van der Waals surface area contributed by atoms with E-state index in [0.29, 0.717) is 6.42 Å². The van der Waals surface area contributed by atoms with Crippen LogP contribution in [0.4, 0.5) is 0 Å². The first kappa shape index (κ1) is 15.0. The third-order valence-electron chi connectivity index (χ3n) is 3.95. The maximum absolute atomic E-state index is 12.4. The monoisotopic (exact) mass is 274 g/mol. The second-order valence-corrected chi connectivity index (χ2v) is 7.00. The molecule has 1 aromatic carbocycles. The summed E-state index contributed by atoms with van der Waals surface area (Å²) in [5.41, 5.74) is 9.76. The number of hydrogen-bond donors (Lipinski definition) is 1. The molecule has 0 aliphatic carbocycles. The van der Waals surface area contributed by atoms with E-state index in [-0.39, 0.29) is 23.5 Å². The Kier molecular flexibility index (Phi) is 3.92. The lowest BCUT2D eigenvalue weighted by Crippen LogP contribution is -2.56. The van der Waals surface area contributed by atoms with Gasteiger partial charge in [-0.25, -0.2) is 0 Å². The minimum absolute atomic E-state index is 0.00752. The zero-order valence-electron chi connectivity index (χ0n) is 13.2. The quantitative estimate of drug-likeness (QED) is 0.855. The maximum atomic E-state index is 12.4. The molecule has 2 rings (SSSR count). The van der Waals surface area contributed by atoms with E-state index in [9.17, 15) is 4.79 Å². The Bertz CT molecular complexity index is 496. The molecule has 0 spiro atoms. The molecule has 2 atom stereocenters. The standard InChI is InChI=1S/C17H26N2O/c1-11-8-12(2)10-13(9-11)16-14(18)6-7-15(20)19(16)17(3,4)5/h8-10,14,16H,6-7,18H2,1-5H3. The minimum Gasteiger partial charge on any atom is -0.329 e. The zero-order valence-corrected chi connectivity index (χ0v) is 13.2. The number of hydrogen-bond acceptors (Lipinski definition) is 2. The first-order chi connectivity index (χ1) is 9.20. The smallest absolute Gasteiger partial charge is 0.223 e. The minimum atomic E-state index is -0.211. The third kappa shape index (κ3) is 2.88. The van der Waals surface area contributed by atoms with Gasteiger partial charge >= 0.3 is 0 Å². The number of benzene rings is 1. The number of nitrogens with two attached hydrogens (primary N) is 1. The summed E-state index contributed by atoms with van der Waals surface area (Å²) < 4.78 is 0. The Hall–Kier alpha value is -1.35. The number of likely N-dealkylation sites (tertiary alicyclic amines) is 1. The van der Waals surface area contributed by atoms with Crippen LogP contribution in [0.3, 0.4) is 0 Å². The number of amides is 1. The lowest BCUT2D eigenvalue weighted by atomic mass is 9.85. The molecule has 110 valence electrons.